The van der Waals surface area contributed by atoms with Crippen LogP contribution in [0.4, 0.5) is 0 Å². The normalized spacial score (nSPS) is 16.6. The minimum absolute atomic E-state index is 0.110. The Morgan fingerprint density at radius 2 is 2.00 bits per heavy atom. The summed E-state index contributed by atoms with van der Waals surface area (Å²) in [6, 6.07) is 3.78. The topological polar surface area (TPSA) is 38.8 Å². The van der Waals surface area contributed by atoms with Crippen LogP contribution in [0.25, 0.3) is 0 Å². The van der Waals surface area contributed by atoms with Crippen molar-refractivity contribution in [2.45, 2.75) is 24.3 Å². The van der Waals surface area contributed by atoms with E-state index in [1.165, 1.54) is 0 Å². The number of ether oxygens (including phenoxy) is 2. The number of hydrogen-bond acceptors (Lipinski definition) is 5. The Labute approximate surface area is 144 Å². The summed E-state index contributed by atoms with van der Waals surface area (Å²) < 4.78 is 11.5. The van der Waals surface area contributed by atoms with Gasteiger partial charge in [0.05, 0.1) is 25.9 Å². The number of morpholine rings is 1. The van der Waals surface area contributed by atoms with Crippen molar-refractivity contribution in [3.63, 3.8) is 0 Å². The predicted octanol–water partition coefficient (Wildman–Crippen LogP) is 3.47. The standard InChI is InChI=1S/C16H22BrNO3S/c1-16(2,18-5-7-21-8-6-18)15(19)11-9-14(22-4)13(20-3)10-12(11)17/h9-10H,5-8H2,1-4H3. The second kappa shape index (κ2) is 7.34. The Hall–Kier alpha value is -0.560. The van der Waals surface area contributed by atoms with Gasteiger partial charge in [0.2, 0.25) is 0 Å². The minimum Gasteiger partial charge on any atom is -0.496 e. The highest BCUT2D eigenvalue weighted by Crippen LogP contribution is 2.35. The van der Waals surface area contributed by atoms with Crippen LogP contribution in [-0.2, 0) is 4.74 Å². The number of hydrogen-bond donors (Lipinski definition) is 0. The van der Waals surface area contributed by atoms with Gasteiger partial charge >= 0.3 is 0 Å². The van der Waals surface area contributed by atoms with Crippen molar-refractivity contribution in [2.75, 3.05) is 39.7 Å². The molecule has 2 rings (SSSR count). The van der Waals surface area contributed by atoms with Gasteiger partial charge in [-0.1, -0.05) is 0 Å². The molecule has 4 nitrogen and oxygen atoms in total. The predicted molar refractivity (Wildman–Crippen MR) is 93.3 cm³/mol. The van der Waals surface area contributed by atoms with Crippen molar-refractivity contribution in [1.82, 2.24) is 4.90 Å². The molecule has 1 aromatic rings. The van der Waals surface area contributed by atoms with Crippen molar-refractivity contribution in [1.29, 1.82) is 0 Å². The average Bonchev–Trinajstić information content (AvgIpc) is 2.54. The molecule has 1 fully saturated rings. The Morgan fingerprint density at radius 3 is 2.55 bits per heavy atom. The Kier molecular flexibility index (Phi) is 5.94. The van der Waals surface area contributed by atoms with E-state index >= 15 is 0 Å². The quantitative estimate of drug-likeness (QED) is 0.571. The van der Waals surface area contributed by atoms with Crippen LogP contribution in [0.1, 0.15) is 24.2 Å². The van der Waals surface area contributed by atoms with E-state index in [-0.39, 0.29) is 5.78 Å². The fourth-order valence-electron chi connectivity index (χ4n) is 2.62. The molecule has 0 bridgehead atoms. The maximum Gasteiger partial charge on any atom is 0.183 e. The van der Waals surface area contributed by atoms with Gasteiger partial charge in [0.25, 0.3) is 0 Å². The molecule has 1 aliphatic rings. The van der Waals surface area contributed by atoms with Gasteiger partial charge in [0.1, 0.15) is 5.75 Å². The molecule has 0 aliphatic carbocycles. The van der Waals surface area contributed by atoms with Crippen LogP contribution in [0, 0.1) is 0 Å². The first-order chi connectivity index (χ1) is 10.4. The van der Waals surface area contributed by atoms with Gasteiger partial charge in [0.15, 0.2) is 5.78 Å². The number of carbonyl (C=O) groups is 1. The molecule has 0 saturated carbocycles. The van der Waals surface area contributed by atoms with Gasteiger partial charge in [-0.2, -0.15) is 0 Å². The summed E-state index contributed by atoms with van der Waals surface area (Å²) in [4.78, 5) is 16.2. The fraction of sp³-hybridized carbons (Fsp3) is 0.562. The van der Waals surface area contributed by atoms with Crippen molar-refractivity contribution < 1.29 is 14.3 Å². The van der Waals surface area contributed by atoms with E-state index in [4.69, 9.17) is 9.47 Å². The van der Waals surface area contributed by atoms with E-state index in [9.17, 15) is 4.79 Å². The zero-order valence-corrected chi connectivity index (χ0v) is 15.8. The lowest BCUT2D eigenvalue weighted by Crippen LogP contribution is -2.54. The third-order valence-corrected chi connectivity index (χ3v) is 5.49. The van der Waals surface area contributed by atoms with Gasteiger partial charge in [-0.15, -0.1) is 11.8 Å². The third kappa shape index (κ3) is 3.50. The lowest BCUT2D eigenvalue weighted by Gasteiger charge is -2.39. The van der Waals surface area contributed by atoms with Crippen LogP contribution < -0.4 is 4.74 Å². The van der Waals surface area contributed by atoms with Crippen molar-refractivity contribution in [2.24, 2.45) is 0 Å². The highest BCUT2D eigenvalue weighted by molar-refractivity contribution is 9.10. The fourth-order valence-corrected chi connectivity index (χ4v) is 3.71. The number of Topliss-reactive ketones (excluding diaryl/α,β-unsaturated/α-hetero) is 1. The number of carbonyl (C=O) groups excluding carboxylic acids is 1. The Morgan fingerprint density at radius 1 is 1.36 bits per heavy atom. The van der Waals surface area contributed by atoms with Crippen LogP contribution in [0.3, 0.4) is 0 Å². The number of benzene rings is 1. The first-order valence-corrected chi connectivity index (χ1v) is 9.22. The summed E-state index contributed by atoms with van der Waals surface area (Å²) in [7, 11) is 1.64. The summed E-state index contributed by atoms with van der Waals surface area (Å²) in [5.41, 5.74) is 0.137. The molecule has 0 N–H and O–H groups in total. The maximum absolute atomic E-state index is 13.1. The highest BCUT2D eigenvalue weighted by Gasteiger charge is 2.37. The monoisotopic (exact) mass is 387 g/mol. The van der Waals surface area contributed by atoms with E-state index < -0.39 is 5.54 Å². The molecular formula is C16H22BrNO3S. The van der Waals surface area contributed by atoms with Crippen LogP contribution in [-0.4, -0.2) is 55.9 Å². The molecule has 0 atom stereocenters. The molecule has 0 unspecified atom stereocenters. The number of ketones is 1. The maximum atomic E-state index is 13.1. The molecule has 1 aliphatic heterocycles. The molecule has 0 spiro atoms. The molecule has 22 heavy (non-hydrogen) atoms. The number of rotatable bonds is 5. The highest BCUT2D eigenvalue weighted by atomic mass is 79.9. The summed E-state index contributed by atoms with van der Waals surface area (Å²) in [5.74, 6) is 0.888. The lowest BCUT2D eigenvalue weighted by molar-refractivity contribution is -0.00433. The largest absolute Gasteiger partial charge is 0.496 e. The second-order valence-electron chi connectivity index (χ2n) is 5.67. The number of nitrogens with zero attached hydrogens (tertiary/aromatic N) is 1. The van der Waals surface area contributed by atoms with E-state index in [0.29, 0.717) is 18.8 Å². The number of methoxy groups -OCH3 is 1. The molecule has 0 radical (unpaired) electrons. The van der Waals surface area contributed by atoms with Crippen LogP contribution in [0.5, 0.6) is 5.75 Å². The lowest BCUT2D eigenvalue weighted by atomic mass is 9.91. The van der Waals surface area contributed by atoms with Crippen molar-refractivity contribution >= 4 is 33.5 Å². The first kappa shape index (κ1) is 17.8. The molecule has 1 aromatic carbocycles. The minimum atomic E-state index is -0.559. The molecule has 122 valence electrons. The SMILES string of the molecule is COc1cc(Br)c(C(=O)C(C)(C)N2CCOCC2)cc1SC. The van der Waals surface area contributed by atoms with Gasteiger partial charge in [-0.25, -0.2) is 0 Å². The molecule has 1 saturated heterocycles. The number of thioether (sulfide) groups is 1. The van der Waals surface area contributed by atoms with Crippen LogP contribution in [0.2, 0.25) is 0 Å². The average molecular weight is 388 g/mol. The van der Waals surface area contributed by atoms with Crippen LogP contribution in [0.15, 0.2) is 21.5 Å². The zero-order chi connectivity index (χ0) is 16.3. The first-order valence-electron chi connectivity index (χ1n) is 7.21. The summed E-state index contributed by atoms with van der Waals surface area (Å²) in [6.07, 6.45) is 1.98. The van der Waals surface area contributed by atoms with E-state index in [1.54, 1.807) is 18.9 Å². The molecule has 0 aromatic heterocycles. The van der Waals surface area contributed by atoms with Crippen molar-refractivity contribution in [3.8, 4) is 5.75 Å². The van der Waals surface area contributed by atoms with Gasteiger partial charge in [0, 0.05) is 28.0 Å². The molecule has 6 heteroatoms. The Bertz CT molecular complexity index is 557. The van der Waals surface area contributed by atoms with Gasteiger partial charge in [-0.05, 0) is 48.2 Å². The second-order valence-corrected chi connectivity index (χ2v) is 7.38. The van der Waals surface area contributed by atoms with E-state index in [0.717, 1.165) is 28.2 Å². The zero-order valence-electron chi connectivity index (χ0n) is 13.4. The van der Waals surface area contributed by atoms with Gasteiger partial charge in [-0.3, -0.25) is 9.69 Å². The molecular weight excluding hydrogens is 366 g/mol. The third-order valence-electron chi connectivity index (χ3n) is 4.08. The smallest absolute Gasteiger partial charge is 0.183 e. The number of halogens is 1. The van der Waals surface area contributed by atoms with E-state index in [2.05, 4.69) is 20.8 Å². The molecule has 0 amide bonds. The van der Waals surface area contributed by atoms with Crippen molar-refractivity contribution in [3.05, 3.63) is 22.2 Å². The van der Waals surface area contributed by atoms with Crippen LogP contribution >= 0.6 is 27.7 Å². The summed E-state index contributed by atoms with van der Waals surface area (Å²) in [5, 5.41) is 0. The summed E-state index contributed by atoms with van der Waals surface area (Å²) >= 11 is 5.09. The summed E-state index contributed by atoms with van der Waals surface area (Å²) in [6.45, 7) is 6.88. The molecule has 1 heterocycles. The Balaban J connectivity index is 2.35. The van der Waals surface area contributed by atoms with Gasteiger partial charge < -0.3 is 9.47 Å². The van der Waals surface area contributed by atoms with E-state index in [1.807, 2.05) is 32.2 Å².